The number of aryl methyl sites for hydroxylation is 1. The van der Waals surface area contributed by atoms with Crippen LogP contribution in [0, 0.1) is 36.0 Å². The molecule has 3 aromatic carbocycles. The molecule has 0 radical (unpaired) electrons. The Balaban J connectivity index is 1.33. The largest absolute Gasteiger partial charge is 0.507 e. The van der Waals surface area contributed by atoms with Gasteiger partial charge in [0, 0.05) is 28.2 Å². The highest BCUT2D eigenvalue weighted by molar-refractivity contribution is 5.89. The third-order valence-electron chi connectivity index (χ3n) is 13.2. The molecular formula is C50H61NO4. The Morgan fingerprint density at radius 1 is 0.727 bits per heavy atom. The quantitative estimate of drug-likeness (QED) is 0.188. The number of aromatic nitrogens is 1. The van der Waals surface area contributed by atoms with Crippen LogP contribution in [0.15, 0.2) is 84.5 Å². The minimum atomic E-state index is -0.666. The Bertz CT molecular complexity index is 2120. The number of aliphatic hydroxyl groups excluding tert-OH is 1. The van der Waals surface area contributed by atoms with E-state index in [-0.39, 0.29) is 16.7 Å². The topological polar surface area (TPSA) is 71.8 Å². The van der Waals surface area contributed by atoms with E-state index in [9.17, 15) is 10.2 Å². The number of aromatic hydroxyl groups is 1. The zero-order chi connectivity index (χ0) is 39.2. The Labute approximate surface area is 329 Å². The summed E-state index contributed by atoms with van der Waals surface area (Å²) in [5.74, 6) is 3.67. The number of ether oxygens (including phenoxy) is 2. The Morgan fingerprint density at radius 2 is 1.35 bits per heavy atom. The summed E-state index contributed by atoms with van der Waals surface area (Å²) in [5.41, 5.74) is 10.2. The predicted molar refractivity (Wildman–Crippen MR) is 227 cm³/mol. The fourth-order valence-corrected chi connectivity index (χ4v) is 11.0. The van der Waals surface area contributed by atoms with E-state index in [0.717, 1.165) is 99.5 Å². The van der Waals surface area contributed by atoms with Crippen LogP contribution in [0.4, 0.5) is 0 Å². The van der Waals surface area contributed by atoms with Crippen molar-refractivity contribution in [1.82, 2.24) is 4.98 Å². The van der Waals surface area contributed by atoms with Gasteiger partial charge in [0.05, 0.1) is 31.7 Å². The molecule has 2 N–H and O–H groups in total. The van der Waals surface area contributed by atoms with Gasteiger partial charge >= 0.3 is 0 Å². The second-order valence-corrected chi connectivity index (χ2v) is 18.2. The third kappa shape index (κ3) is 7.62. The molecule has 0 spiro atoms. The number of benzene rings is 3. The van der Waals surface area contributed by atoms with Crippen molar-refractivity contribution < 1.29 is 19.7 Å². The van der Waals surface area contributed by atoms with Gasteiger partial charge in [0.2, 0.25) is 0 Å². The van der Waals surface area contributed by atoms with Gasteiger partial charge < -0.3 is 19.7 Å². The van der Waals surface area contributed by atoms with Crippen LogP contribution >= 0.6 is 0 Å². The number of aliphatic hydroxyl groups is 1. The second-order valence-electron chi connectivity index (χ2n) is 18.2. The van der Waals surface area contributed by atoms with E-state index < -0.39 is 6.10 Å². The highest BCUT2D eigenvalue weighted by Gasteiger charge is 2.44. The number of methoxy groups -OCH3 is 2. The minimum Gasteiger partial charge on any atom is -0.507 e. The van der Waals surface area contributed by atoms with Crippen LogP contribution < -0.4 is 9.47 Å². The number of allylic oxidation sites excluding steroid dienone is 2. The summed E-state index contributed by atoms with van der Waals surface area (Å²) in [6.45, 7) is 16.0. The Morgan fingerprint density at radius 3 is 1.96 bits per heavy atom. The number of phenolic OH excluding ortho intramolecular Hbond substituents is 1. The molecule has 5 heteroatoms. The lowest BCUT2D eigenvalue weighted by atomic mass is 9.58. The molecule has 0 amide bonds. The van der Waals surface area contributed by atoms with Gasteiger partial charge in [-0.05, 0) is 151 Å². The molecule has 1 heterocycles. The van der Waals surface area contributed by atoms with Crippen LogP contribution in [-0.4, -0.2) is 35.5 Å². The first-order chi connectivity index (χ1) is 26.2. The number of pyridine rings is 1. The number of phenols is 1. The average Bonchev–Trinajstić information content (AvgIpc) is 3.15. The molecule has 2 saturated carbocycles. The van der Waals surface area contributed by atoms with Crippen LogP contribution in [0.5, 0.6) is 17.2 Å². The standard InChI is InChI=1S/C50H61NO4/c1-30-12-11-19-49(6,27-30)43-23-31(2)21-41(47(43)52)39-25-35(54-8)15-17-37(39)45-13-10-14-46(51-45)38-18-16-36(55-9)26-40(38)42-22-32(3)24-44(48(42)53)50(7)28-33(4)20-34(5)29-50/h10,13-18,21-26,30,33-34,44,48,52-53H,11-12,19-20,27-29H2,1-9H3. The first-order valence-electron chi connectivity index (χ1n) is 20.5. The molecule has 4 aromatic rings. The Kier molecular flexibility index (Phi) is 10.8. The minimum absolute atomic E-state index is 0.00359. The summed E-state index contributed by atoms with van der Waals surface area (Å²) in [7, 11) is 3.37. The molecule has 3 aliphatic carbocycles. The van der Waals surface area contributed by atoms with E-state index in [1.54, 1.807) is 14.2 Å². The monoisotopic (exact) mass is 739 g/mol. The summed E-state index contributed by atoms with van der Waals surface area (Å²) in [4.78, 5) is 5.35. The van der Waals surface area contributed by atoms with E-state index in [2.05, 4.69) is 97.0 Å². The van der Waals surface area contributed by atoms with Crippen molar-refractivity contribution in [3.05, 3.63) is 101 Å². The highest BCUT2D eigenvalue weighted by Crippen LogP contribution is 2.53. The average molecular weight is 740 g/mol. The predicted octanol–water partition coefficient (Wildman–Crippen LogP) is 12.4. The van der Waals surface area contributed by atoms with Crippen molar-refractivity contribution in [2.45, 2.75) is 105 Å². The third-order valence-corrected chi connectivity index (χ3v) is 13.2. The molecule has 6 unspecified atom stereocenters. The summed E-state index contributed by atoms with van der Waals surface area (Å²) in [6, 6.07) is 22.6. The molecule has 0 saturated heterocycles. The molecule has 5 nitrogen and oxygen atoms in total. The lowest BCUT2D eigenvalue weighted by Crippen LogP contribution is -2.42. The first kappa shape index (κ1) is 38.9. The molecule has 290 valence electrons. The van der Waals surface area contributed by atoms with Gasteiger partial charge in [-0.25, -0.2) is 4.98 Å². The molecule has 0 aliphatic heterocycles. The van der Waals surface area contributed by atoms with E-state index in [1.807, 2.05) is 30.3 Å². The molecule has 6 atom stereocenters. The Hall–Kier alpha value is -4.35. The van der Waals surface area contributed by atoms with Gasteiger partial charge in [0.25, 0.3) is 0 Å². The SMILES string of the molecule is COc1ccc(-c2cccc(-c3ccc(OC)cc3-c3cc(C)cc(C4(C)CCCC(C)C4)c3O)n2)c(C2=CC(C)=CC(C3(C)CC(C)CC(C)C3)C2O)c1. The van der Waals surface area contributed by atoms with Crippen molar-refractivity contribution in [3.63, 3.8) is 0 Å². The van der Waals surface area contributed by atoms with Crippen molar-refractivity contribution in [2.24, 2.45) is 29.1 Å². The van der Waals surface area contributed by atoms with Gasteiger partial charge in [-0.3, -0.25) is 0 Å². The van der Waals surface area contributed by atoms with Crippen molar-refractivity contribution in [1.29, 1.82) is 0 Å². The van der Waals surface area contributed by atoms with Gasteiger partial charge in [0.1, 0.15) is 17.2 Å². The zero-order valence-corrected chi connectivity index (χ0v) is 34.5. The fourth-order valence-electron chi connectivity index (χ4n) is 11.0. The summed E-state index contributed by atoms with van der Waals surface area (Å²) in [5, 5.41) is 24.5. The van der Waals surface area contributed by atoms with Gasteiger partial charge in [-0.15, -0.1) is 0 Å². The van der Waals surface area contributed by atoms with Gasteiger partial charge in [0.15, 0.2) is 0 Å². The van der Waals surface area contributed by atoms with E-state index >= 15 is 0 Å². The van der Waals surface area contributed by atoms with E-state index in [0.29, 0.717) is 23.5 Å². The van der Waals surface area contributed by atoms with E-state index in [1.165, 1.54) is 18.4 Å². The lowest BCUT2D eigenvalue weighted by Gasteiger charge is -2.47. The van der Waals surface area contributed by atoms with Crippen molar-refractivity contribution in [3.8, 4) is 50.9 Å². The molecule has 55 heavy (non-hydrogen) atoms. The molecular weight excluding hydrogens is 679 g/mol. The maximum Gasteiger partial charge on any atom is 0.127 e. The van der Waals surface area contributed by atoms with Crippen LogP contribution in [0.3, 0.4) is 0 Å². The van der Waals surface area contributed by atoms with Crippen LogP contribution in [0.1, 0.15) is 103 Å². The fraction of sp³-hybridized carbons (Fsp3) is 0.460. The van der Waals surface area contributed by atoms with Crippen LogP contribution in [0.2, 0.25) is 0 Å². The maximum atomic E-state index is 12.4. The van der Waals surface area contributed by atoms with Crippen molar-refractivity contribution in [2.75, 3.05) is 14.2 Å². The molecule has 2 fully saturated rings. The van der Waals surface area contributed by atoms with Crippen LogP contribution in [-0.2, 0) is 5.41 Å². The number of hydrogen-bond donors (Lipinski definition) is 2. The van der Waals surface area contributed by atoms with Gasteiger partial charge in [-0.1, -0.05) is 77.3 Å². The zero-order valence-electron chi connectivity index (χ0n) is 34.5. The highest BCUT2D eigenvalue weighted by atomic mass is 16.5. The number of hydrogen-bond acceptors (Lipinski definition) is 5. The number of nitrogens with zero attached hydrogens (tertiary/aromatic N) is 1. The van der Waals surface area contributed by atoms with Crippen LogP contribution in [0.25, 0.3) is 39.2 Å². The molecule has 1 aromatic heterocycles. The summed E-state index contributed by atoms with van der Waals surface area (Å²) in [6.07, 6.45) is 11.8. The van der Waals surface area contributed by atoms with Crippen molar-refractivity contribution >= 4 is 5.57 Å². The molecule has 0 bridgehead atoms. The van der Waals surface area contributed by atoms with Gasteiger partial charge in [-0.2, -0.15) is 0 Å². The smallest absolute Gasteiger partial charge is 0.127 e. The lowest BCUT2D eigenvalue weighted by molar-refractivity contribution is 0.0250. The van der Waals surface area contributed by atoms with E-state index in [4.69, 9.17) is 14.5 Å². The first-order valence-corrected chi connectivity index (χ1v) is 20.5. The normalized spacial score (nSPS) is 28.3. The molecule has 7 rings (SSSR count). The summed E-state index contributed by atoms with van der Waals surface area (Å²) < 4.78 is 11.5. The number of rotatable bonds is 8. The summed E-state index contributed by atoms with van der Waals surface area (Å²) >= 11 is 0. The second kappa shape index (κ2) is 15.3. The maximum absolute atomic E-state index is 12.4. The molecule has 3 aliphatic rings.